The van der Waals surface area contributed by atoms with Gasteiger partial charge in [0, 0.05) is 12.6 Å². The van der Waals surface area contributed by atoms with Gasteiger partial charge >= 0.3 is 0 Å². The average Bonchev–Trinajstić information content (AvgIpc) is 3.21. The molecule has 1 N–H and O–H groups in total. The Balaban J connectivity index is 1.68. The molecule has 1 atom stereocenters. The molecule has 1 heterocycles. The van der Waals surface area contributed by atoms with Crippen LogP contribution in [-0.2, 0) is 17.8 Å². The zero-order valence-corrected chi connectivity index (χ0v) is 19.2. The number of carbonyl (C=O) groups is 1. The van der Waals surface area contributed by atoms with Gasteiger partial charge in [-0.2, -0.15) is 0 Å². The van der Waals surface area contributed by atoms with Gasteiger partial charge in [-0.1, -0.05) is 49.0 Å². The molecule has 1 amide bonds. The minimum absolute atomic E-state index is 0.00897. The van der Waals surface area contributed by atoms with Gasteiger partial charge in [0.25, 0.3) is 5.69 Å². The summed E-state index contributed by atoms with van der Waals surface area (Å²) in [5.41, 5.74) is 1.21. The van der Waals surface area contributed by atoms with Crippen LogP contribution in [0.15, 0.2) is 66.3 Å². The smallest absolute Gasteiger partial charge is 0.292 e. The Morgan fingerprint density at radius 1 is 1.27 bits per heavy atom. The van der Waals surface area contributed by atoms with Gasteiger partial charge in [0.05, 0.1) is 10.7 Å². The summed E-state index contributed by atoms with van der Waals surface area (Å²) >= 11 is 1.18. The van der Waals surface area contributed by atoms with E-state index in [1.807, 2.05) is 35.8 Å². The number of thioether (sulfide) groups is 1. The molecule has 0 saturated carbocycles. The number of ether oxygens (including phenoxy) is 1. The number of para-hydroxylation sites is 2. The largest absolute Gasteiger partial charge is 0.483 e. The number of amides is 1. The van der Waals surface area contributed by atoms with Gasteiger partial charge < -0.3 is 10.1 Å². The Bertz CT molecular complexity index is 1130. The lowest BCUT2D eigenvalue weighted by molar-refractivity contribution is -0.383. The number of nitro groups is 1. The number of hydrogen-bond donors (Lipinski definition) is 1. The zero-order chi connectivity index (χ0) is 23.8. The second-order valence-electron chi connectivity index (χ2n) is 7.11. The minimum Gasteiger partial charge on any atom is -0.483 e. The van der Waals surface area contributed by atoms with Crippen LogP contribution in [0.25, 0.3) is 0 Å². The molecular weight excluding hydrogens is 442 g/mol. The van der Waals surface area contributed by atoms with Gasteiger partial charge in [0.1, 0.15) is 11.4 Å². The fourth-order valence-electron chi connectivity index (χ4n) is 3.12. The van der Waals surface area contributed by atoms with Crippen LogP contribution in [0.2, 0.25) is 0 Å². The van der Waals surface area contributed by atoms with Crippen LogP contribution in [0.5, 0.6) is 5.75 Å². The molecule has 3 rings (SSSR count). The van der Waals surface area contributed by atoms with Crippen LogP contribution in [-0.4, -0.2) is 31.3 Å². The summed E-state index contributed by atoms with van der Waals surface area (Å²) in [4.78, 5) is 23.0. The molecular formula is C23H25N5O4S. The minimum atomic E-state index is -0.535. The number of carbonyl (C=O) groups excluding carboxylic acids is 1. The number of nitro benzene ring substituents is 1. The summed E-state index contributed by atoms with van der Waals surface area (Å²) in [5, 5.41) is 22.7. The van der Waals surface area contributed by atoms with E-state index in [0.717, 1.165) is 12.2 Å². The predicted octanol–water partition coefficient (Wildman–Crippen LogP) is 4.81. The van der Waals surface area contributed by atoms with Crippen molar-refractivity contribution in [1.82, 2.24) is 14.8 Å². The molecule has 0 spiro atoms. The Kier molecular flexibility index (Phi) is 8.20. The van der Waals surface area contributed by atoms with Crippen LogP contribution < -0.4 is 10.1 Å². The summed E-state index contributed by atoms with van der Waals surface area (Å²) < 4.78 is 7.86. The third kappa shape index (κ3) is 6.19. The molecule has 0 aliphatic rings. The van der Waals surface area contributed by atoms with Crippen molar-refractivity contribution in [2.45, 2.75) is 38.1 Å². The highest BCUT2D eigenvalue weighted by molar-refractivity contribution is 7.99. The number of hydrogen-bond acceptors (Lipinski definition) is 7. The Labute approximate surface area is 196 Å². The molecule has 9 nitrogen and oxygen atoms in total. The normalized spacial score (nSPS) is 11.6. The number of nitrogens with one attached hydrogen (secondary N) is 1. The quantitative estimate of drug-likeness (QED) is 0.186. The molecule has 0 aliphatic carbocycles. The zero-order valence-electron chi connectivity index (χ0n) is 18.4. The van der Waals surface area contributed by atoms with E-state index in [4.69, 9.17) is 4.74 Å². The fourth-order valence-corrected chi connectivity index (χ4v) is 3.88. The molecule has 0 bridgehead atoms. The first-order valence-corrected chi connectivity index (χ1v) is 11.4. The summed E-state index contributed by atoms with van der Waals surface area (Å²) in [7, 11) is 0. The van der Waals surface area contributed by atoms with Gasteiger partial charge in [-0.3, -0.25) is 19.5 Å². The van der Waals surface area contributed by atoms with Crippen LogP contribution in [0.1, 0.15) is 31.3 Å². The highest BCUT2D eigenvalue weighted by atomic mass is 32.2. The van der Waals surface area contributed by atoms with E-state index in [1.165, 1.54) is 29.5 Å². The molecule has 0 fully saturated rings. The van der Waals surface area contributed by atoms with E-state index < -0.39 is 4.92 Å². The van der Waals surface area contributed by atoms with Gasteiger partial charge in [0.15, 0.2) is 17.1 Å². The maximum absolute atomic E-state index is 12.4. The summed E-state index contributed by atoms with van der Waals surface area (Å²) in [5.74, 6) is 0.959. The lowest BCUT2D eigenvalue weighted by Gasteiger charge is -2.16. The third-order valence-corrected chi connectivity index (χ3v) is 5.74. The third-order valence-electron chi connectivity index (χ3n) is 4.77. The van der Waals surface area contributed by atoms with Crippen molar-refractivity contribution in [3.8, 4) is 5.75 Å². The van der Waals surface area contributed by atoms with Crippen molar-refractivity contribution in [3.05, 3.63) is 82.7 Å². The van der Waals surface area contributed by atoms with Gasteiger partial charge in [-0.25, -0.2) is 0 Å². The van der Waals surface area contributed by atoms with Crippen molar-refractivity contribution < 1.29 is 14.5 Å². The highest BCUT2D eigenvalue weighted by Crippen LogP contribution is 2.26. The van der Waals surface area contributed by atoms with Crippen LogP contribution in [0, 0.1) is 10.1 Å². The number of aromatic nitrogens is 3. The van der Waals surface area contributed by atoms with Gasteiger partial charge in [0.2, 0.25) is 5.91 Å². The first-order valence-electron chi connectivity index (χ1n) is 10.4. The Hall–Kier alpha value is -3.66. The number of rotatable bonds is 11. The van der Waals surface area contributed by atoms with E-state index >= 15 is 0 Å². The van der Waals surface area contributed by atoms with Crippen LogP contribution >= 0.6 is 11.8 Å². The number of allylic oxidation sites excluding steroid dienone is 1. The lowest BCUT2D eigenvalue weighted by atomic mass is 10.2. The summed E-state index contributed by atoms with van der Waals surface area (Å²) in [6.45, 7) is 8.21. The highest BCUT2D eigenvalue weighted by Gasteiger charge is 2.20. The molecule has 2 aromatic carbocycles. The van der Waals surface area contributed by atoms with Crippen LogP contribution in [0.4, 0.5) is 11.4 Å². The second-order valence-corrected chi connectivity index (χ2v) is 8.05. The fraction of sp³-hybridized carbons (Fsp3) is 0.261. The Morgan fingerprint density at radius 2 is 2.00 bits per heavy atom. The van der Waals surface area contributed by atoms with E-state index in [2.05, 4.69) is 29.0 Å². The van der Waals surface area contributed by atoms with Crippen molar-refractivity contribution in [2.24, 2.45) is 0 Å². The van der Waals surface area contributed by atoms with Gasteiger partial charge in [-0.15, -0.1) is 16.8 Å². The first-order chi connectivity index (χ1) is 15.9. The van der Waals surface area contributed by atoms with Crippen molar-refractivity contribution in [2.75, 3.05) is 11.1 Å². The molecule has 1 aromatic heterocycles. The van der Waals surface area contributed by atoms with Crippen LogP contribution in [0.3, 0.4) is 0 Å². The van der Waals surface area contributed by atoms with Crippen molar-refractivity contribution >= 4 is 29.0 Å². The second kappa shape index (κ2) is 11.3. The number of anilines is 1. The molecule has 1 unspecified atom stereocenters. The first kappa shape index (κ1) is 24.0. The maximum Gasteiger partial charge on any atom is 0.292 e. The SMILES string of the molecule is C=CCn1c(SCC(=O)Nc2ccccc2[N+](=O)[O-])nnc1C(C)Oc1ccc(CC)cc1. The van der Waals surface area contributed by atoms with E-state index in [0.29, 0.717) is 17.5 Å². The molecule has 172 valence electrons. The number of benzene rings is 2. The van der Waals surface area contributed by atoms with E-state index in [1.54, 1.807) is 18.2 Å². The molecule has 10 heteroatoms. The topological polar surface area (TPSA) is 112 Å². The van der Waals surface area contributed by atoms with Crippen molar-refractivity contribution in [3.63, 3.8) is 0 Å². The number of nitrogens with zero attached hydrogens (tertiary/aromatic N) is 4. The lowest BCUT2D eigenvalue weighted by Crippen LogP contribution is -2.16. The molecule has 0 radical (unpaired) electrons. The Morgan fingerprint density at radius 3 is 2.67 bits per heavy atom. The standard InChI is InChI=1S/C23H25N5O4S/c1-4-14-27-22(16(3)32-18-12-10-17(5-2)11-13-18)25-26-23(27)33-15-21(29)24-19-8-6-7-9-20(19)28(30)31/h4,6-13,16H,1,5,14-15H2,2-3H3,(H,24,29). The summed E-state index contributed by atoms with van der Waals surface area (Å²) in [6.07, 6.45) is 2.29. The average molecular weight is 468 g/mol. The number of aryl methyl sites for hydroxylation is 1. The van der Waals surface area contributed by atoms with Crippen molar-refractivity contribution in [1.29, 1.82) is 0 Å². The monoisotopic (exact) mass is 467 g/mol. The van der Waals surface area contributed by atoms with E-state index in [9.17, 15) is 14.9 Å². The predicted molar refractivity (Wildman–Crippen MR) is 128 cm³/mol. The summed E-state index contributed by atoms with van der Waals surface area (Å²) in [6, 6.07) is 13.9. The molecule has 33 heavy (non-hydrogen) atoms. The molecule has 0 aliphatic heterocycles. The molecule has 0 saturated heterocycles. The van der Waals surface area contributed by atoms with E-state index in [-0.39, 0.29) is 29.1 Å². The molecule has 3 aromatic rings. The van der Waals surface area contributed by atoms with Gasteiger partial charge in [-0.05, 0) is 37.1 Å². The maximum atomic E-state index is 12.4.